The van der Waals surface area contributed by atoms with Crippen molar-refractivity contribution in [3.63, 3.8) is 0 Å². The standard InChI is InChI=1S/C10H11BrClF/c1-7(6-11)4-8-2-3-10(13)9(12)5-8/h2-3,5,7H,4,6H2,1H3. The molecule has 0 amide bonds. The van der Waals surface area contributed by atoms with Gasteiger partial charge in [-0.15, -0.1) is 0 Å². The first-order chi connectivity index (χ1) is 6.13. The second-order valence-corrected chi connectivity index (χ2v) is 4.27. The Kier molecular flexibility index (Phi) is 4.20. The molecule has 0 saturated heterocycles. The molecule has 0 aliphatic heterocycles. The van der Waals surface area contributed by atoms with Crippen molar-refractivity contribution < 1.29 is 4.39 Å². The first-order valence-electron chi connectivity index (χ1n) is 4.13. The molecule has 1 aromatic rings. The number of halogens is 3. The summed E-state index contributed by atoms with van der Waals surface area (Å²) in [6, 6.07) is 4.88. The lowest BCUT2D eigenvalue weighted by Crippen LogP contribution is -2.00. The van der Waals surface area contributed by atoms with Gasteiger partial charge in [-0.3, -0.25) is 0 Å². The molecule has 13 heavy (non-hydrogen) atoms. The third-order valence-corrected chi connectivity index (χ3v) is 3.23. The van der Waals surface area contributed by atoms with Gasteiger partial charge in [0.2, 0.25) is 0 Å². The van der Waals surface area contributed by atoms with Crippen molar-refractivity contribution in [2.45, 2.75) is 13.3 Å². The van der Waals surface area contributed by atoms with Gasteiger partial charge in [0, 0.05) is 5.33 Å². The number of rotatable bonds is 3. The van der Waals surface area contributed by atoms with Crippen LogP contribution >= 0.6 is 27.5 Å². The summed E-state index contributed by atoms with van der Waals surface area (Å²) < 4.78 is 12.8. The van der Waals surface area contributed by atoms with Crippen molar-refractivity contribution in [1.29, 1.82) is 0 Å². The molecule has 0 radical (unpaired) electrons. The van der Waals surface area contributed by atoms with Gasteiger partial charge in [-0.25, -0.2) is 4.39 Å². The zero-order valence-electron chi connectivity index (χ0n) is 7.36. The van der Waals surface area contributed by atoms with Gasteiger partial charge in [0.15, 0.2) is 0 Å². The van der Waals surface area contributed by atoms with Crippen molar-refractivity contribution in [3.8, 4) is 0 Å². The van der Waals surface area contributed by atoms with Gasteiger partial charge >= 0.3 is 0 Å². The van der Waals surface area contributed by atoms with Crippen molar-refractivity contribution in [2.24, 2.45) is 5.92 Å². The van der Waals surface area contributed by atoms with E-state index in [1.807, 2.05) is 0 Å². The van der Waals surface area contributed by atoms with Gasteiger partial charge in [-0.2, -0.15) is 0 Å². The van der Waals surface area contributed by atoms with Crippen molar-refractivity contribution in [1.82, 2.24) is 0 Å². The van der Waals surface area contributed by atoms with Gasteiger partial charge in [0.05, 0.1) is 5.02 Å². The fourth-order valence-electron chi connectivity index (χ4n) is 1.12. The molecular formula is C10H11BrClF. The van der Waals surface area contributed by atoms with Crippen molar-refractivity contribution in [2.75, 3.05) is 5.33 Å². The average molecular weight is 266 g/mol. The van der Waals surface area contributed by atoms with Crippen LogP contribution < -0.4 is 0 Å². The minimum Gasteiger partial charge on any atom is -0.205 e. The van der Waals surface area contributed by atoms with E-state index in [4.69, 9.17) is 11.6 Å². The van der Waals surface area contributed by atoms with Crippen LogP contribution in [0.3, 0.4) is 0 Å². The van der Waals surface area contributed by atoms with Crippen LogP contribution in [0.1, 0.15) is 12.5 Å². The fourth-order valence-corrected chi connectivity index (χ4v) is 1.56. The molecule has 0 fully saturated rings. The Hall–Kier alpha value is -0.0800. The molecule has 0 aliphatic rings. The molecule has 1 aromatic carbocycles. The molecule has 0 nitrogen and oxygen atoms in total. The monoisotopic (exact) mass is 264 g/mol. The summed E-state index contributed by atoms with van der Waals surface area (Å²) in [5.74, 6) is 0.193. The maximum Gasteiger partial charge on any atom is 0.141 e. The van der Waals surface area contributed by atoms with Crippen LogP contribution in [0.5, 0.6) is 0 Å². The molecule has 0 heterocycles. The van der Waals surface area contributed by atoms with Gasteiger partial charge in [0.25, 0.3) is 0 Å². The summed E-state index contributed by atoms with van der Waals surface area (Å²) in [5.41, 5.74) is 1.08. The predicted molar refractivity (Wildman–Crippen MR) is 58.1 cm³/mol. The number of benzene rings is 1. The Bertz CT molecular complexity index is 288. The fraction of sp³-hybridized carbons (Fsp3) is 0.400. The highest BCUT2D eigenvalue weighted by atomic mass is 79.9. The van der Waals surface area contributed by atoms with Crippen LogP contribution in [0.25, 0.3) is 0 Å². The topological polar surface area (TPSA) is 0 Å². The Morgan fingerprint density at radius 2 is 2.23 bits per heavy atom. The molecule has 72 valence electrons. The lowest BCUT2D eigenvalue weighted by Gasteiger charge is -2.07. The molecule has 1 rings (SSSR count). The summed E-state index contributed by atoms with van der Waals surface area (Å²) in [6.07, 6.45) is 0.922. The van der Waals surface area contributed by atoms with Gasteiger partial charge in [-0.05, 0) is 30.0 Å². The zero-order valence-corrected chi connectivity index (χ0v) is 9.70. The lowest BCUT2D eigenvalue weighted by atomic mass is 10.0. The molecule has 0 saturated carbocycles. The smallest absolute Gasteiger partial charge is 0.141 e. The summed E-state index contributed by atoms with van der Waals surface area (Å²) in [4.78, 5) is 0. The van der Waals surface area contributed by atoms with Crippen LogP contribution in [0.15, 0.2) is 18.2 Å². The van der Waals surface area contributed by atoms with Gasteiger partial charge in [-0.1, -0.05) is 40.5 Å². The molecule has 1 atom stereocenters. The van der Waals surface area contributed by atoms with E-state index in [9.17, 15) is 4.39 Å². The second-order valence-electron chi connectivity index (χ2n) is 3.21. The minimum atomic E-state index is -0.350. The van der Waals surface area contributed by atoms with Crippen LogP contribution in [0.2, 0.25) is 5.02 Å². The van der Waals surface area contributed by atoms with E-state index in [2.05, 4.69) is 22.9 Å². The quantitative estimate of drug-likeness (QED) is 0.723. The number of alkyl halides is 1. The van der Waals surface area contributed by atoms with Crippen molar-refractivity contribution in [3.05, 3.63) is 34.6 Å². The largest absolute Gasteiger partial charge is 0.205 e. The van der Waals surface area contributed by atoms with Gasteiger partial charge < -0.3 is 0 Å². The maximum atomic E-state index is 12.8. The van der Waals surface area contributed by atoms with E-state index < -0.39 is 0 Å². The number of hydrogen-bond acceptors (Lipinski definition) is 0. The Balaban J connectivity index is 2.73. The van der Waals surface area contributed by atoms with Crippen LogP contribution in [-0.4, -0.2) is 5.33 Å². The minimum absolute atomic E-state index is 0.208. The molecular weight excluding hydrogens is 254 g/mol. The van der Waals surface area contributed by atoms with Crippen LogP contribution in [0, 0.1) is 11.7 Å². The summed E-state index contributed by atoms with van der Waals surface area (Å²) in [5, 5.41) is 1.15. The highest BCUT2D eigenvalue weighted by Crippen LogP contribution is 2.18. The van der Waals surface area contributed by atoms with E-state index in [-0.39, 0.29) is 10.8 Å². The molecule has 0 aliphatic carbocycles. The SMILES string of the molecule is CC(CBr)Cc1ccc(F)c(Cl)c1. The summed E-state index contributed by atoms with van der Waals surface area (Å²) >= 11 is 9.05. The third-order valence-electron chi connectivity index (χ3n) is 1.83. The summed E-state index contributed by atoms with van der Waals surface area (Å²) in [7, 11) is 0. The van der Waals surface area contributed by atoms with E-state index >= 15 is 0 Å². The molecule has 1 unspecified atom stereocenters. The zero-order chi connectivity index (χ0) is 9.84. The Labute approximate surface area is 91.2 Å². The molecule has 0 aromatic heterocycles. The van der Waals surface area contributed by atoms with Crippen molar-refractivity contribution >= 4 is 27.5 Å². The maximum absolute atomic E-state index is 12.8. The third kappa shape index (κ3) is 3.28. The summed E-state index contributed by atoms with van der Waals surface area (Å²) in [6.45, 7) is 2.13. The normalized spacial score (nSPS) is 12.9. The molecule has 0 bridgehead atoms. The van der Waals surface area contributed by atoms with E-state index in [0.717, 1.165) is 17.3 Å². The Morgan fingerprint density at radius 3 is 2.77 bits per heavy atom. The lowest BCUT2D eigenvalue weighted by molar-refractivity contribution is 0.623. The first-order valence-corrected chi connectivity index (χ1v) is 5.63. The average Bonchev–Trinajstić information content (AvgIpc) is 2.11. The Morgan fingerprint density at radius 1 is 1.54 bits per heavy atom. The van der Waals surface area contributed by atoms with Crippen LogP contribution in [-0.2, 0) is 6.42 Å². The molecule has 3 heteroatoms. The number of hydrogen-bond donors (Lipinski definition) is 0. The van der Waals surface area contributed by atoms with E-state index in [0.29, 0.717) is 5.92 Å². The van der Waals surface area contributed by atoms with Gasteiger partial charge in [0.1, 0.15) is 5.82 Å². The predicted octanol–water partition coefficient (Wildman–Crippen LogP) is 4.05. The van der Waals surface area contributed by atoms with E-state index in [1.54, 1.807) is 12.1 Å². The highest BCUT2D eigenvalue weighted by Gasteiger charge is 2.04. The highest BCUT2D eigenvalue weighted by molar-refractivity contribution is 9.09. The molecule has 0 spiro atoms. The van der Waals surface area contributed by atoms with E-state index in [1.165, 1.54) is 6.07 Å². The first kappa shape index (κ1) is 11.0. The van der Waals surface area contributed by atoms with Crippen LogP contribution in [0.4, 0.5) is 4.39 Å². The second kappa shape index (κ2) is 4.97. The molecule has 0 N–H and O–H groups in total.